The number of aliphatic hydroxyl groups is 1. The van der Waals surface area contributed by atoms with E-state index in [1.807, 2.05) is 4.72 Å². The van der Waals surface area contributed by atoms with Crippen molar-refractivity contribution in [3.63, 3.8) is 0 Å². The zero-order chi connectivity index (χ0) is 23.8. The van der Waals surface area contributed by atoms with Crippen LogP contribution in [0.3, 0.4) is 0 Å². The molecule has 3 unspecified atom stereocenters. The van der Waals surface area contributed by atoms with Gasteiger partial charge in [0.25, 0.3) is 10.2 Å². The van der Waals surface area contributed by atoms with Gasteiger partial charge in [0, 0.05) is 6.92 Å². The van der Waals surface area contributed by atoms with Gasteiger partial charge in [0.2, 0.25) is 17.7 Å². The van der Waals surface area contributed by atoms with Crippen molar-refractivity contribution in [3.05, 3.63) is 11.8 Å². The van der Waals surface area contributed by atoms with Gasteiger partial charge in [-0.3, -0.25) is 14.6 Å². The van der Waals surface area contributed by atoms with Crippen LogP contribution < -0.4 is 32.0 Å². The number of aliphatic carboxylic acids is 1. The summed E-state index contributed by atoms with van der Waals surface area (Å²) >= 11 is 0. The molecule has 0 radical (unpaired) electrons. The summed E-state index contributed by atoms with van der Waals surface area (Å²) in [5, 5.41) is 28.3. The average molecular weight is 465 g/mol. The van der Waals surface area contributed by atoms with Gasteiger partial charge in [0.15, 0.2) is 5.96 Å². The molecule has 0 saturated heterocycles. The third-order valence-corrected chi connectivity index (χ3v) is 4.77. The van der Waals surface area contributed by atoms with Gasteiger partial charge in [-0.2, -0.15) is 17.9 Å². The average Bonchev–Trinajstić information content (AvgIpc) is 3.11. The van der Waals surface area contributed by atoms with Gasteiger partial charge in [-0.1, -0.05) is 0 Å². The summed E-state index contributed by atoms with van der Waals surface area (Å²) in [5.74, 6) is -2.23. The molecule has 16 nitrogen and oxygen atoms in total. The number of aromatic nitrogens is 2. The first kappa shape index (κ1) is 26.2. The van der Waals surface area contributed by atoms with Gasteiger partial charge >= 0.3 is 5.97 Å². The van der Waals surface area contributed by atoms with E-state index in [4.69, 9.17) is 26.7 Å². The van der Waals surface area contributed by atoms with Gasteiger partial charge in [-0.25, -0.2) is 0 Å². The third kappa shape index (κ3) is 9.66. The molecule has 4 atom stereocenters. The molecule has 31 heavy (non-hydrogen) atoms. The Labute approximate surface area is 177 Å². The number of nitrogens with one attached hydrogen (secondary N) is 3. The highest BCUT2D eigenvalue weighted by Gasteiger charge is 2.28. The van der Waals surface area contributed by atoms with Gasteiger partial charge in [0.1, 0.15) is 6.04 Å². The zero-order valence-electron chi connectivity index (χ0n) is 16.8. The third-order valence-electron chi connectivity index (χ3n) is 3.68. The molecule has 11 N–H and O–H groups in total. The number of hydrogen-bond acceptors (Lipinski definition) is 10. The van der Waals surface area contributed by atoms with Crippen LogP contribution in [0.4, 0.5) is 0 Å². The predicted molar refractivity (Wildman–Crippen MR) is 106 cm³/mol. The monoisotopic (exact) mass is 465 g/mol. The first-order valence-corrected chi connectivity index (χ1v) is 10.4. The number of carboxylic acids is 1. The number of aliphatic imine (C=N–C) groups is 1. The summed E-state index contributed by atoms with van der Waals surface area (Å²) in [6, 6.07) is -3.10. The highest BCUT2D eigenvalue weighted by molar-refractivity contribution is 7.87. The van der Waals surface area contributed by atoms with E-state index in [9.17, 15) is 23.1 Å². The molecule has 0 aliphatic heterocycles. The first-order chi connectivity index (χ1) is 14.3. The number of nitrogens with zero attached hydrogens (tertiary/aromatic N) is 3. The molecule has 1 aromatic heterocycles. The molecular formula is C14H27N9O7S. The molecule has 0 aliphatic rings. The summed E-state index contributed by atoms with van der Waals surface area (Å²) < 4.78 is 33.0. The van der Waals surface area contributed by atoms with Crippen molar-refractivity contribution in [3.8, 4) is 0 Å². The highest BCUT2D eigenvalue weighted by atomic mass is 32.2. The number of carboxylic acid groups (broad SMARTS) is 1. The fourth-order valence-electron chi connectivity index (χ4n) is 2.30. The second-order valence-corrected chi connectivity index (χ2v) is 8.07. The Balaban J connectivity index is 2.73. The van der Waals surface area contributed by atoms with Crippen molar-refractivity contribution < 1.29 is 32.6 Å². The molecule has 0 saturated carbocycles. The van der Waals surface area contributed by atoms with Crippen molar-refractivity contribution in [2.75, 3.05) is 6.54 Å². The summed E-state index contributed by atoms with van der Waals surface area (Å²) in [6.45, 7) is 2.03. The van der Waals surface area contributed by atoms with Crippen molar-refractivity contribution >= 4 is 28.0 Å². The van der Waals surface area contributed by atoms with Gasteiger partial charge in [-0.05, 0) is 13.3 Å². The molecule has 0 aliphatic carbocycles. The Morgan fingerprint density at radius 3 is 2.45 bits per heavy atom. The summed E-state index contributed by atoms with van der Waals surface area (Å²) in [6.07, 6.45) is -1.34. The second kappa shape index (κ2) is 11.5. The minimum absolute atomic E-state index is 0.0328. The van der Waals surface area contributed by atoms with Crippen LogP contribution >= 0.6 is 0 Å². The SMILES string of the molecule is CC(=O)NC(CN=C(N)N)CC(N)c1nnc(CNS(=O)(=O)N[C@H](C(=O)O)C(C)O)o1. The lowest BCUT2D eigenvalue weighted by Crippen LogP contribution is -2.51. The molecule has 176 valence electrons. The molecule has 0 spiro atoms. The Bertz CT molecular complexity index is 882. The Morgan fingerprint density at radius 1 is 1.29 bits per heavy atom. The van der Waals surface area contributed by atoms with Gasteiger partial charge in [-0.15, -0.1) is 10.2 Å². The number of hydrogen-bond donors (Lipinski definition) is 8. The molecule has 17 heteroatoms. The van der Waals surface area contributed by atoms with Crippen molar-refractivity contribution in [1.82, 2.24) is 25.0 Å². The van der Waals surface area contributed by atoms with E-state index >= 15 is 0 Å². The molecule has 1 amide bonds. The van der Waals surface area contributed by atoms with Crippen LogP contribution in [-0.4, -0.2) is 71.4 Å². The molecule has 1 aromatic rings. The minimum atomic E-state index is -4.31. The van der Waals surface area contributed by atoms with Crippen molar-refractivity contribution in [2.45, 2.75) is 51.0 Å². The van der Waals surface area contributed by atoms with Gasteiger partial charge in [0.05, 0.1) is 31.3 Å². The number of carbonyl (C=O) groups excluding carboxylic acids is 1. The summed E-state index contributed by atoms with van der Waals surface area (Å²) in [4.78, 5) is 26.1. The minimum Gasteiger partial charge on any atom is -0.480 e. The smallest absolute Gasteiger partial charge is 0.324 e. The van der Waals surface area contributed by atoms with E-state index in [0.29, 0.717) is 0 Å². The van der Waals surface area contributed by atoms with Crippen LogP contribution in [0, 0.1) is 0 Å². The summed E-state index contributed by atoms with van der Waals surface area (Å²) in [5.41, 5.74) is 16.6. The number of guanidine groups is 1. The van der Waals surface area contributed by atoms with E-state index in [1.165, 1.54) is 6.92 Å². The van der Waals surface area contributed by atoms with Crippen LogP contribution in [0.1, 0.15) is 38.1 Å². The largest absolute Gasteiger partial charge is 0.480 e. The fourth-order valence-corrected chi connectivity index (χ4v) is 3.33. The Hall–Kier alpha value is -2.86. The topological polar surface area (TPSA) is 274 Å². The quantitative estimate of drug-likeness (QED) is 0.102. The maximum absolute atomic E-state index is 12.0. The summed E-state index contributed by atoms with van der Waals surface area (Å²) in [7, 11) is -4.31. The predicted octanol–water partition coefficient (Wildman–Crippen LogP) is -4.00. The number of aliphatic hydroxyl groups excluding tert-OH is 1. The molecular weight excluding hydrogens is 438 g/mol. The lowest BCUT2D eigenvalue weighted by atomic mass is 10.1. The van der Waals surface area contributed by atoms with Crippen molar-refractivity contribution in [2.24, 2.45) is 22.2 Å². The molecule has 0 fully saturated rings. The maximum Gasteiger partial charge on any atom is 0.324 e. The number of carbonyl (C=O) groups is 2. The van der Waals surface area contributed by atoms with E-state index in [1.54, 1.807) is 4.72 Å². The van der Waals surface area contributed by atoms with Crippen LogP contribution in [0.15, 0.2) is 9.41 Å². The Kier molecular flexibility index (Phi) is 9.72. The van der Waals surface area contributed by atoms with Crippen LogP contribution in [0.5, 0.6) is 0 Å². The van der Waals surface area contributed by atoms with E-state index < -0.39 is 47.0 Å². The van der Waals surface area contributed by atoms with Gasteiger partial charge < -0.3 is 37.1 Å². The fraction of sp³-hybridized carbons (Fsp3) is 0.643. The van der Waals surface area contributed by atoms with E-state index in [0.717, 1.165) is 6.92 Å². The number of nitrogens with two attached hydrogens (primary N) is 3. The standard InChI is InChI=1S/C14H27N9O7S/c1-6(24)11(13(26)27)23-31(28,29)19-5-10-21-22-12(30-10)9(15)3-8(20-7(2)25)4-18-14(16)17/h6,8-9,11,19,23-24H,3-5,15H2,1-2H3,(H,20,25)(H,26,27)(H4,16,17,18)/t6?,8?,9?,11-/m0/s1. The normalized spacial score (nSPS) is 15.5. The molecule has 0 bridgehead atoms. The number of rotatable bonds is 13. The van der Waals surface area contributed by atoms with E-state index in [2.05, 4.69) is 20.5 Å². The second-order valence-electron chi connectivity index (χ2n) is 6.54. The molecule has 1 heterocycles. The molecule has 1 rings (SSSR count). The lowest BCUT2D eigenvalue weighted by Gasteiger charge is -2.18. The highest BCUT2D eigenvalue weighted by Crippen LogP contribution is 2.15. The van der Waals surface area contributed by atoms with E-state index in [-0.39, 0.29) is 36.6 Å². The number of amides is 1. The van der Waals surface area contributed by atoms with Crippen LogP contribution in [-0.2, 0) is 26.3 Å². The molecule has 0 aromatic carbocycles. The van der Waals surface area contributed by atoms with Crippen LogP contribution in [0.25, 0.3) is 0 Å². The Morgan fingerprint density at radius 2 is 1.94 bits per heavy atom. The van der Waals surface area contributed by atoms with Crippen molar-refractivity contribution in [1.29, 1.82) is 0 Å². The first-order valence-electron chi connectivity index (χ1n) is 8.88. The zero-order valence-corrected chi connectivity index (χ0v) is 17.7. The maximum atomic E-state index is 12.0. The lowest BCUT2D eigenvalue weighted by molar-refractivity contribution is -0.141. The van der Waals surface area contributed by atoms with Crippen LogP contribution in [0.2, 0.25) is 0 Å².